The minimum atomic E-state index is -7.00. The Morgan fingerprint density at radius 2 is 1.31 bits per heavy atom. The highest BCUT2D eigenvalue weighted by atomic mass is 19.4. The Morgan fingerprint density at radius 3 is 1.79 bits per heavy atom. The van der Waals surface area contributed by atoms with Crippen molar-refractivity contribution in [3.8, 4) is 11.5 Å². The second-order valence-electron chi connectivity index (χ2n) is 9.54. The molecule has 0 saturated carbocycles. The lowest BCUT2D eigenvalue weighted by molar-refractivity contribution is -0.396. The van der Waals surface area contributed by atoms with Gasteiger partial charge in [-0.3, -0.25) is 4.79 Å². The zero-order valence-corrected chi connectivity index (χ0v) is 21.6. The van der Waals surface area contributed by atoms with Crippen LogP contribution in [-0.4, -0.2) is 47.7 Å². The Bertz CT molecular complexity index is 879. The summed E-state index contributed by atoms with van der Waals surface area (Å²) in [6.45, 7) is 2.63. The Morgan fingerprint density at radius 1 is 0.821 bits per heavy atom. The predicted octanol–water partition coefficient (Wildman–Crippen LogP) is 8.47. The number of hydrogen-bond donors (Lipinski definition) is 0. The molecule has 0 spiro atoms. The number of carbonyl (C=O) groups is 1. The van der Waals surface area contributed by atoms with Gasteiger partial charge in [-0.2, -0.15) is 39.5 Å². The molecule has 1 aromatic heterocycles. The number of unbranched alkanes of at least 4 members (excludes halogenated alkanes) is 8. The summed E-state index contributed by atoms with van der Waals surface area (Å²) in [4.78, 5) is 12.3. The minimum Gasteiger partial charge on any atom is -0.485 e. The third-order valence-corrected chi connectivity index (χ3v) is 6.38. The molecule has 2 heterocycles. The van der Waals surface area contributed by atoms with Crippen molar-refractivity contribution in [1.29, 1.82) is 0 Å². The molecule has 2 rings (SSSR count). The van der Waals surface area contributed by atoms with Crippen LogP contribution in [0.25, 0.3) is 0 Å². The van der Waals surface area contributed by atoms with Crippen LogP contribution in [-0.2, 0) is 9.53 Å². The maximum Gasteiger partial charge on any atom is 0.460 e. The van der Waals surface area contributed by atoms with Crippen LogP contribution in [0.4, 0.5) is 39.5 Å². The molecule has 1 aromatic rings. The van der Waals surface area contributed by atoms with Gasteiger partial charge in [0.15, 0.2) is 17.7 Å². The van der Waals surface area contributed by atoms with Crippen molar-refractivity contribution in [3.05, 3.63) is 12.4 Å². The molecule has 0 radical (unpaired) electrons. The van der Waals surface area contributed by atoms with E-state index in [0.717, 1.165) is 44.9 Å². The number of fused-ring (bicyclic) bond motifs is 1. The van der Waals surface area contributed by atoms with Gasteiger partial charge >= 0.3 is 29.9 Å². The van der Waals surface area contributed by atoms with E-state index in [4.69, 9.17) is 14.2 Å². The van der Waals surface area contributed by atoms with E-state index in [1.807, 2.05) is 0 Å². The predicted molar refractivity (Wildman–Crippen MR) is 123 cm³/mol. The molecule has 0 aliphatic carbocycles. The van der Waals surface area contributed by atoms with Crippen LogP contribution < -0.4 is 9.47 Å². The van der Waals surface area contributed by atoms with E-state index in [-0.39, 0.29) is 19.6 Å². The molecule has 0 fully saturated rings. The first kappa shape index (κ1) is 32.9. The summed E-state index contributed by atoms with van der Waals surface area (Å²) in [7, 11) is 0. The number of aromatic nitrogens is 1. The molecule has 0 saturated heterocycles. The van der Waals surface area contributed by atoms with Gasteiger partial charge in [0.25, 0.3) is 0 Å². The molecule has 1 atom stereocenters. The standard InChI is InChI=1S/C25H34F9NO4/c1-2-3-4-5-6-7-8-9-10-11-20(35-16-18-19(17-35)38-15-14-37-18)39-21(36)12-13-22(26,27)23(28,29)24(30,31)25(32,33)34/h16-17,20H,2-15H2,1H3. The third kappa shape index (κ3) is 8.60. The lowest BCUT2D eigenvalue weighted by Gasteiger charge is -2.33. The van der Waals surface area contributed by atoms with Crippen LogP contribution in [0.3, 0.4) is 0 Å². The van der Waals surface area contributed by atoms with Gasteiger partial charge in [0.1, 0.15) is 13.2 Å². The largest absolute Gasteiger partial charge is 0.485 e. The Hall–Kier alpha value is -2.28. The van der Waals surface area contributed by atoms with Crippen LogP contribution in [0.2, 0.25) is 0 Å². The van der Waals surface area contributed by atoms with Crippen LogP contribution in [0.1, 0.15) is 90.2 Å². The fourth-order valence-corrected chi connectivity index (χ4v) is 4.05. The minimum absolute atomic E-state index is 0.202. The van der Waals surface area contributed by atoms with E-state index in [1.165, 1.54) is 23.4 Å². The molecule has 5 nitrogen and oxygen atoms in total. The number of nitrogens with zero attached hydrogens (tertiary/aromatic N) is 1. The van der Waals surface area contributed by atoms with Crippen molar-refractivity contribution in [2.75, 3.05) is 13.2 Å². The van der Waals surface area contributed by atoms with E-state index in [2.05, 4.69) is 6.92 Å². The normalized spacial score (nSPS) is 15.3. The van der Waals surface area contributed by atoms with Gasteiger partial charge < -0.3 is 18.8 Å². The summed E-state index contributed by atoms with van der Waals surface area (Å²) < 4.78 is 135. The first-order valence-corrected chi connectivity index (χ1v) is 13.0. The van der Waals surface area contributed by atoms with E-state index < -0.39 is 49.0 Å². The van der Waals surface area contributed by atoms with Gasteiger partial charge in [-0.05, 0) is 6.42 Å². The van der Waals surface area contributed by atoms with Gasteiger partial charge in [0, 0.05) is 12.8 Å². The van der Waals surface area contributed by atoms with Crippen LogP contribution in [0.15, 0.2) is 12.4 Å². The lowest BCUT2D eigenvalue weighted by atomic mass is 9.99. The topological polar surface area (TPSA) is 49.7 Å². The van der Waals surface area contributed by atoms with E-state index in [9.17, 15) is 44.3 Å². The molecular weight excluding hydrogens is 549 g/mol. The number of halogens is 9. The molecule has 1 aliphatic heterocycles. The molecule has 0 N–H and O–H groups in total. The summed E-state index contributed by atoms with van der Waals surface area (Å²) >= 11 is 0. The second-order valence-corrected chi connectivity index (χ2v) is 9.54. The van der Waals surface area contributed by atoms with Crippen LogP contribution >= 0.6 is 0 Å². The molecule has 1 unspecified atom stereocenters. The molecule has 0 bridgehead atoms. The molecule has 0 aromatic carbocycles. The second kappa shape index (κ2) is 13.9. The average Bonchev–Trinajstić information content (AvgIpc) is 3.29. The van der Waals surface area contributed by atoms with E-state index in [1.54, 1.807) is 0 Å². The summed E-state index contributed by atoms with van der Waals surface area (Å²) in [5, 5.41) is 0. The highest BCUT2D eigenvalue weighted by Gasteiger charge is 2.81. The lowest BCUT2D eigenvalue weighted by Crippen LogP contribution is -2.60. The van der Waals surface area contributed by atoms with Crippen molar-refractivity contribution in [3.63, 3.8) is 0 Å². The quantitative estimate of drug-likeness (QED) is 0.105. The fraction of sp³-hybridized carbons (Fsp3) is 0.800. The zero-order chi connectivity index (χ0) is 29.3. The maximum absolute atomic E-state index is 13.8. The van der Waals surface area contributed by atoms with Crippen molar-refractivity contribution < 1.29 is 58.5 Å². The van der Waals surface area contributed by atoms with Gasteiger partial charge in [0.2, 0.25) is 0 Å². The Labute approximate surface area is 221 Å². The van der Waals surface area contributed by atoms with Gasteiger partial charge in [-0.1, -0.05) is 58.3 Å². The summed E-state index contributed by atoms with van der Waals surface area (Å²) in [6.07, 6.45) is 0.154. The highest BCUT2D eigenvalue weighted by Crippen LogP contribution is 2.54. The number of esters is 1. The summed E-state index contributed by atoms with van der Waals surface area (Å²) in [6, 6.07) is 0. The third-order valence-electron chi connectivity index (χ3n) is 6.38. The average molecular weight is 584 g/mol. The SMILES string of the molecule is CCCCCCCCCCCC(OC(=O)CCC(F)(F)C(F)(F)C(F)(F)C(F)(F)F)n1cc2c(c1)OCCO2. The number of rotatable bonds is 17. The van der Waals surface area contributed by atoms with Gasteiger partial charge in [-0.25, -0.2) is 0 Å². The molecule has 226 valence electrons. The molecule has 14 heteroatoms. The van der Waals surface area contributed by atoms with Gasteiger partial charge in [-0.15, -0.1) is 0 Å². The first-order chi connectivity index (χ1) is 18.1. The number of ether oxygens (including phenoxy) is 3. The Kier molecular flexibility index (Phi) is 11.7. The van der Waals surface area contributed by atoms with Crippen molar-refractivity contribution >= 4 is 5.97 Å². The van der Waals surface area contributed by atoms with Gasteiger partial charge in [0.05, 0.1) is 18.8 Å². The fourth-order valence-electron chi connectivity index (χ4n) is 4.05. The smallest absolute Gasteiger partial charge is 0.460 e. The zero-order valence-electron chi connectivity index (χ0n) is 21.6. The van der Waals surface area contributed by atoms with E-state index in [0.29, 0.717) is 17.9 Å². The number of carbonyl (C=O) groups excluding carboxylic acids is 1. The molecule has 39 heavy (non-hydrogen) atoms. The number of hydrogen-bond acceptors (Lipinski definition) is 4. The van der Waals surface area contributed by atoms with Crippen molar-refractivity contribution in [2.24, 2.45) is 0 Å². The summed E-state index contributed by atoms with van der Waals surface area (Å²) in [5.41, 5.74) is 0. The molecule has 1 aliphatic rings. The maximum atomic E-state index is 13.8. The number of alkyl halides is 9. The molecule has 0 amide bonds. The van der Waals surface area contributed by atoms with Crippen molar-refractivity contribution in [1.82, 2.24) is 4.57 Å². The first-order valence-electron chi connectivity index (χ1n) is 13.0. The Balaban J connectivity index is 1.99. The highest BCUT2D eigenvalue weighted by molar-refractivity contribution is 5.69. The summed E-state index contributed by atoms with van der Waals surface area (Å²) in [5.74, 6) is -20.4. The molecular formula is C25H34F9NO4. The van der Waals surface area contributed by atoms with Crippen LogP contribution in [0, 0.1) is 0 Å². The monoisotopic (exact) mass is 583 g/mol. The van der Waals surface area contributed by atoms with Crippen LogP contribution in [0.5, 0.6) is 11.5 Å². The van der Waals surface area contributed by atoms with Crippen molar-refractivity contribution in [2.45, 2.75) is 114 Å². The van der Waals surface area contributed by atoms with E-state index >= 15 is 0 Å².